The Kier molecular flexibility index (Phi) is 5.80. The van der Waals surface area contributed by atoms with Crippen LogP contribution in [-0.4, -0.2) is 52.1 Å². The number of carbonyl (C=O) groups excluding carboxylic acids is 1. The second-order valence-corrected chi connectivity index (χ2v) is 11.7. The van der Waals surface area contributed by atoms with E-state index in [1.54, 1.807) is 0 Å². The van der Waals surface area contributed by atoms with E-state index >= 15 is 0 Å². The van der Waals surface area contributed by atoms with Gasteiger partial charge in [0.25, 0.3) is 5.91 Å². The first-order valence-corrected chi connectivity index (χ1v) is 13.6. The van der Waals surface area contributed by atoms with E-state index in [-0.39, 0.29) is 17.6 Å². The molecule has 1 aromatic carbocycles. The molecule has 0 bridgehead atoms. The lowest BCUT2D eigenvalue weighted by atomic mass is 9.94. The summed E-state index contributed by atoms with van der Waals surface area (Å²) in [5.41, 5.74) is 5.98. The predicted molar refractivity (Wildman–Crippen MR) is 141 cm³/mol. The third-order valence-corrected chi connectivity index (χ3v) is 8.45. The van der Waals surface area contributed by atoms with Gasteiger partial charge < -0.3 is 19.7 Å². The molecule has 1 atom stereocenters. The fraction of sp³-hybridized carbons (Fsp3) is 0.519. The highest BCUT2D eigenvalue weighted by molar-refractivity contribution is 7.17. The summed E-state index contributed by atoms with van der Waals surface area (Å²) < 4.78 is 14.1. The van der Waals surface area contributed by atoms with Crippen molar-refractivity contribution in [1.29, 1.82) is 0 Å². The first kappa shape index (κ1) is 23.5. The summed E-state index contributed by atoms with van der Waals surface area (Å²) in [5, 5.41) is 8.81. The number of thiazole rings is 1. The summed E-state index contributed by atoms with van der Waals surface area (Å²) in [6.07, 6.45) is 4.42. The monoisotopic (exact) mass is 507 g/mol. The smallest absolute Gasteiger partial charge is 0.263 e. The van der Waals surface area contributed by atoms with Crippen molar-refractivity contribution in [2.45, 2.75) is 71.6 Å². The number of hydrogen-bond donors (Lipinski definition) is 1. The number of amides is 1. The fourth-order valence-electron chi connectivity index (χ4n) is 5.59. The highest BCUT2D eigenvalue weighted by atomic mass is 32.1. The molecule has 0 aliphatic carbocycles. The SMILES string of the molecule is Cc1nn(CC2CCCCO2)c(C)c1-c1ccc2c(c1)N(c1nc3c(s1)C(=O)NC(C)(C)C3)CCO2. The number of aromatic nitrogens is 3. The number of carbonyl (C=O) groups is 1. The van der Waals surface area contributed by atoms with Gasteiger partial charge in [-0.2, -0.15) is 5.10 Å². The van der Waals surface area contributed by atoms with Gasteiger partial charge in [-0.1, -0.05) is 17.4 Å². The van der Waals surface area contributed by atoms with Crippen LogP contribution in [0.15, 0.2) is 18.2 Å². The molecule has 0 radical (unpaired) electrons. The summed E-state index contributed by atoms with van der Waals surface area (Å²) in [5.74, 6) is 0.800. The molecule has 1 fully saturated rings. The number of hydrogen-bond acceptors (Lipinski definition) is 7. The number of nitrogens with zero attached hydrogens (tertiary/aromatic N) is 4. The van der Waals surface area contributed by atoms with Crippen molar-refractivity contribution in [3.8, 4) is 16.9 Å². The molecule has 3 aliphatic heterocycles. The minimum Gasteiger partial charge on any atom is -0.490 e. The van der Waals surface area contributed by atoms with E-state index in [4.69, 9.17) is 19.6 Å². The standard InChI is InChI=1S/C27H33N5O3S/c1-16-23(17(2)32(30-16)15-19-7-5-6-11-34-19)18-8-9-22-21(13-18)31(10-12-35-22)26-28-20-14-27(3,4)29-25(33)24(20)36-26/h8-9,13,19H,5-7,10-12,14-15H2,1-4H3,(H,29,33). The van der Waals surface area contributed by atoms with Crippen LogP contribution in [0, 0.1) is 13.8 Å². The number of ether oxygens (including phenoxy) is 2. The highest BCUT2D eigenvalue weighted by Crippen LogP contribution is 2.43. The molecule has 1 saturated heterocycles. The van der Waals surface area contributed by atoms with Crippen molar-refractivity contribution in [2.24, 2.45) is 0 Å². The van der Waals surface area contributed by atoms with Crippen LogP contribution in [0.25, 0.3) is 11.1 Å². The lowest BCUT2D eigenvalue weighted by Crippen LogP contribution is -2.48. The van der Waals surface area contributed by atoms with E-state index in [1.807, 2.05) is 19.9 Å². The third kappa shape index (κ3) is 4.18. The molecule has 190 valence electrons. The van der Waals surface area contributed by atoms with Gasteiger partial charge in [0.1, 0.15) is 17.2 Å². The molecule has 3 aromatic rings. The van der Waals surface area contributed by atoms with E-state index in [1.165, 1.54) is 17.8 Å². The maximum Gasteiger partial charge on any atom is 0.263 e. The summed E-state index contributed by atoms with van der Waals surface area (Å²) >= 11 is 1.46. The molecule has 1 unspecified atom stereocenters. The number of aryl methyl sites for hydroxylation is 1. The average molecular weight is 508 g/mol. The van der Waals surface area contributed by atoms with E-state index in [9.17, 15) is 4.79 Å². The zero-order valence-corrected chi connectivity index (χ0v) is 22.2. The Balaban J connectivity index is 1.34. The molecule has 9 heteroatoms. The molecular weight excluding hydrogens is 474 g/mol. The van der Waals surface area contributed by atoms with Gasteiger partial charge in [0.05, 0.1) is 36.3 Å². The topological polar surface area (TPSA) is 81.5 Å². The van der Waals surface area contributed by atoms with Crippen molar-refractivity contribution in [3.63, 3.8) is 0 Å². The fourth-order valence-corrected chi connectivity index (χ4v) is 6.61. The predicted octanol–water partition coefficient (Wildman–Crippen LogP) is 4.79. The second kappa shape index (κ2) is 8.88. The first-order valence-electron chi connectivity index (χ1n) is 12.8. The van der Waals surface area contributed by atoms with Crippen molar-refractivity contribution in [2.75, 3.05) is 24.7 Å². The molecule has 6 rings (SSSR count). The van der Waals surface area contributed by atoms with Gasteiger partial charge in [-0.3, -0.25) is 9.48 Å². The number of rotatable bonds is 4. The quantitative estimate of drug-likeness (QED) is 0.547. The van der Waals surface area contributed by atoms with E-state index in [0.29, 0.717) is 18.0 Å². The van der Waals surface area contributed by atoms with Crippen LogP contribution in [0.4, 0.5) is 10.8 Å². The van der Waals surface area contributed by atoms with Crippen molar-refractivity contribution in [3.05, 3.63) is 40.2 Å². The molecular formula is C27H33N5O3S. The first-order chi connectivity index (χ1) is 17.3. The Hall–Kier alpha value is -2.91. The van der Waals surface area contributed by atoms with E-state index in [0.717, 1.165) is 77.2 Å². The number of nitrogens with one attached hydrogen (secondary N) is 1. The molecule has 8 nitrogen and oxygen atoms in total. The van der Waals surface area contributed by atoms with Gasteiger partial charge in [-0.05, 0) is 64.7 Å². The van der Waals surface area contributed by atoms with Crippen LogP contribution in [0.1, 0.15) is 59.9 Å². The molecule has 1 amide bonds. The lowest BCUT2D eigenvalue weighted by Gasteiger charge is -2.30. The Morgan fingerprint density at radius 2 is 2.08 bits per heavy atom. The third-order valence-electron chi connectivity index (χ3n) is 7.33. The Bertz CT molecular complexity index is 1320. The summed E-state index contributed by atoms with van der Waals surface area (Å²) in [6.45, 7) is 11.2. The maximum atomic E-state index is 12.7. The van der Waals surface area contributed by atoms with Crippen LogP contribution in [0.2, 0.25) is 0 Å². The van der Waals surface area contributed by atoms with E-state index in [2.05, 4.69) is 40.9 Å². The molecule has 5 heterocycles. The van der Waals surface area contributed by atoms with Crippen LogP contribution in [0.5, 0.6) is 5.75 Å². The zero-order valence-electron chi connectivity index (χ0n) is 21.4. The summed E-state index contributed by atoms with van der Waals surface area (Å²) in [4.78, 5) is 20.5. The number of anilines is 2. The van der Waals surface area contributed by atoms with Crippen LogP contribution in [-0.2, 0) is 17.7 Å². The van der Waals surface area contributed by atoms with Gasteiger partial charge >= 0.3 is 0 Å². The van der Waals surface area contributed by atoms with Crippen molar-refractivity contribution >= 4 is 28.1 Å². The van der Waals surface area contributed by atoms with Gasteiger partial charge in [0, 0.05) is 29.8 Å². The minimum atomic E-state index is -0.288. The van der Waals surface area contributed by atoms with Crippen molar-refractivity contribution in [1.82, 2.24) is 20.1 Å². The Morgan fingerprint density at radius 3 is 2.89 bits per heavy atom. The summed E-state index contributed by atoms with van der Waals surface area (Å²) in [7, 11) is 0. The van der Waals surface area contributed by atoms with Crippen molar-refractivity contribution < 1.29 is 14.3 Å². The van der Waals surface area contributed by atoms with Crippen LogP contribution < -0.4 is 15.0 Å². The normalized spacial score (nSPS) is 20.9. The molecule has 1 N–H and O–H groups in total. The molecule has 36 heavy (non-hydrogen) atoms. The zero-order chi connectivity index (χ0) is 25.0. The maximum absolute atomic E-state index is 12.7. The molecule has 2 aromatic heterocycles. The largest absolute Gasteiger partial charge is 0.490 e. The van der Waals surface area contributed by atoms with Gasteiger partial charge in [0.15, 0.2) is 5.13 Å². The average Bonchev–Trinajstić information content (AvgIpc) is 3.38. The van der Waals surface area contributed by atoms with Crippen LogP contribution in [0.3, 0.4) is 0 Å². The van der Waals surface area contributed by atoms with Crippen LogP contribution >= 0.6 is 11.3 Å². The Morgan fingerprint density at radius 1 is 1.22 bits per heavy atom. The van der Waals surface area contributed by atoms with Gasteiger partial charge in [-0.25, -0.2) is 4.98 Å². The van der Waals surface area contributed by atoms with Gasteiger partial charge in [0.2, 0.25) is 0 Å². The minimum absolute atomic E-state index is 0.0344. The van der Waals surface area contributed by atoms with E-state index < -0.39 is 0 Å². The lowest BCUT2D eigenvalue weighted by molar-refractivity contribution is 0.00362. The number of fused-ring (bicyclic) bond motifs is 2. The molecule has 3 aliphatic rings. The Labute approximate surface area is 215 Å². The molecule has 0 spiro atoms. The number of benzene rings is 1. The highest BCUT2D eigenvalue weighted by Gasteiger charge is 2.35. The molecule has 0 saturated carbocycles. The summed E-state index contributed by atoms with van der Waals surface area (Å²) in [6, 6.07) is 6.33. The second-order valence-electron chi connectivity index (χ2n) is 10.7. The van der Waals surface area contributed by atoms with Gasteiger partial charge in [-0.15, -0.1) is 0 Å².